The van der Waals surface area contributed by atoms with Crippen LogP contribution >= 0.6 is 0 Å². The Morgan fingerprint density at radius 3 is 2.15 bits per heavy atom. The molecule has 13 heavy (non-hydrogen) atoms. The van der Waals surface area contributed by atoms with Crippen LogP contribution in [0.15, 0.2) is 0 Å². The zero-order valence-electron chi connectivity index (χ0n) is 7.58. The Balaban J connectivity index is -0.000000500. The third-order valence-electron chi connectivity index (χ3n) is 1.45. The summed E-state index contributed by atoms with van der Waals surface area (Å²) in [6, 6.07) is 0. The molecule has 0 aliphatic rings. The molecule has 5 heteroatoms. The minimum atomic E-state index is -0.345. The van der Waals surface area contributed by atoms with E-state index < -0.39 is 0 Å². The summed E-state index contributed by atoms with van der Waals surface area (Å²) in [6.07, 6.45) is 5.58. The number of unbranched alkanes of at least 4 members (excludes halogenated alkanes) is 4. The van der Waals surface area contributed by atoms with Gasteiger partial charge in [0.15, 0.2) is 0 Å². The van der Waals surface area contributed by atoms with Crippen molar-refractivity contribution in [3.05, 3.63) is 6.92 Å². The van der Waals surface area contributed by atoms with Crippen LogP contribution in [0.1, 0.15) is 32.1 Å². The summed E-state index contributed by atoms with van der Waals surface area (Å²) in [6.45, 7) is 4.47. The Kier molecular flexibility index (Phi) is 23.4. The summed E-state index contributed by atoms with van der Waals surface area (Å²) >= 11 is 4.32. The molecule has 78 valence electrons. The normalized spacial score (nSPS) is 8.08. The molecular weight excluding hydrogens is 526 g/mol. The molecule has 0 saturated heterocycles. The Bertz CT molecular complexity index is 114. The van der Waals surface area contributed by atoms with Crippen LogP contribution < -0.4 is 5.32 Å². The van der Waals surface area contributed by atoms with Crippen molar-refractivity contribution in [2.24, 2.45) is 0 Å². The monoisotopic (exact) mass is 541 g/mol. The smallest absolute Gasteiger partial charge is 0.0980 e. The first-order valence-corrected chi connectivity index (χ1v) is 4.42. The number of nitrogens with one attached hydrogen (secondary N) is 1. The summed E-state index contributed by atoms with van der Waals surface area (Å²) in [4.78, 5) is 10.2. The molecule has 1 amide bonds. The van der Waals surface area contributed by atoms with Crippen LogP contribution in [0.25, 0.3) is 0 Å². The molecule has 0 radical (unpaired) electrons. The number of carbonyl (C=O) groups excluding carboxylic acids is 1. The molecule has 0 spiro atoms. The first-order chi connectivity index (χ1) is 5.27. The Morgan fingerprint density at radius 2 is 1.69 bits per heavy atom. The largest absolute Gasteiger partial charge is 0.719 e. The van der Waals surface area contributed by atoms with Crippen LogP contribution in [0, 0.1) is 6.92 Å². The zero-order valence-corrected chi connectivity index (χ0v) is 14.3. The second-order valence-electron chi connectivity index (χ2n) is 2.48. The van der Waals surface area contributed by atoms with Crippen molar-refractivity contribution >= 4 is 17.9 Å². The van der Waals surface area contributed by atoms with Crippen LogP contribution in [-0.2, 0) is 54.8 Å². The van der Waals surface area contributed by atoms with E-state index >= 15 is 0 Å². The van der Waals surface area contributed by atoms with Gasteiger partial charge >= 0.3 is 0 Å². The fraction of sp³-hybridized carbons (Fsp3) is 0.750. The van der Waals surface area contributed by atoms with Gasteiger partial charge in [0.05, 0.1) is 5.24 Å². The van der Waals surface area contributed by atoms with E-state index in [0.29, 0.717) is 0 Å². The molecule has 1 N–H and O–H groups in total. The van der Waals surface area contributed by atoms with Crippen LogP contribution in [0.2, 0.25) is 0 Å². The molecule has 0 aliphatic carbocycles. The van der Waals surface area contributed by atoms with Gasteiger partial charge in [0.1, 0.15) is 0 Å². The van der Waals surface area contributed by atoms with Crippen LogP contribution in [0.4, 0.5) is 4.79 Å². The van der Waals surface area contributed by atoms with Gasteiger partial charge in [-0.15, -0.1) is 0 Å². The molecule has 0 aromatic rings. The Morgan fingerprint density at radius 1 is 1.15 bits per heavy atom. The van der Waals surface area contributed by atoms with Crippen LogP contribution in [0.5, 0.6) is 0 Å². The van der Waals surface area contributed by atoms with Crippen molar-refractivity contribution in [2.75, 3.05) is 6.54 Å². The van der Waals surface area contributed by atoms with Crippen LogP contribution in [0.3, 0.4) is 0 Å². The number of carbonyl (C=O) groups is 1. The average molecular weight is 541 g/mol. The molecule has 0 atom stereocenters. The van der Waals surface area contributed by atoms with Gasteiger partial charge in [0.25, 0.3) is 0 Å². The fourth-order valence-electron chi connectivity index (χ4n) is 0.846. The third kappa shape index (κ3) is 19.5. The molecule has 0 aliphatic heterocycles. The summed E-state index contributed by atoms with van der Waals surface area (Å²) in [5.41, 5.74) is 0. The van der Waals surface area contributed by atoms with E-state index in [1.54, 1.807) is 0 Å². The van der Waals surface area contributed by atoms with E-state index in [0.717, 1.165) is 25.8 Å². The molecular formula is C8H15NOSW2-2. The van der Waals surface area contributed by atoms with Gasteiger partial charge < -0.3 is 29.7 Å². The van der Waals surface area contributed by atoms with E-state index in [9.17, 15) is 4.79 Å². The van der Waals surface area contributed by atoms with Gasteiger partial charge in [-0.3, -0.25) is 0 Å². The van der Waals surface area contributed by atoms with Crippen molar-refractivity contribution in [1.29, 1.82) is 0 Å². The molecule has 0 saturated carbocycles. The van der Waals surface area contributed by atoms with Crippen molar-refractivity contribution in [3.63, 3.8) is 0 Å². The van der Waals surface area contributed by atoms with Crippen molar-refractivity contribution in [2.45, 2.75) is 32.1 Å². The predicted molar refractivity (Wildman–Crippen MR) is 49.2 cm³/mol. The van der Waals surface area contributed by atoms with Crippen molar-refractivity contribution in [3.8, 4) is 0 Å². The first kappa shape index (κ1) is 19.6. The Hall–Kier alpha value is 1.07. The van der Waals surface area contributed by atoms with Crippen molar-refractivity contribution < 1.29 is 46.9 Å². The first-order valence-electron chi connectivity index (χ1n) is 4.01. The van der Waals surface area contributed by atoms with Gasteiger partial charge in [-0.1, -0.05) is 19.3 Å². The molecule has 0 rings (SSSR count). The molecule has 2 nitrogen and oxygen atoms in total. The molecule has 0 aromatic heterocycles. The van der Waals surface area contributed by atoms with Gasteiger partial charge in [0.2, 0.25) is 0 Å². The zero-order chi connectivity index (χ0) is 8.53. The maximum Gasteiger partial charge on any atom is 0.0980 e. The van der Waals surface area contributed by atoms with Gasteiger partial charge in [-0.25, -0.2) is 0 Å². The quantitative estimate of drug-likeness (QED) is 0.317. The number of rotatable bonds is 6. The third-order valence-corrected chi connectivity index (χ3v) is 1.59. The van der Waals surface area contributed by atoms with Gasteiger partial charge in [-0.05, 0) is 6.42 Å². The van der Waals surface area contributed by atoms with E-state index in [4.69, 9.17) is 0 Å². The van der Waals surface area contributed by atoms with E-state index in [2.05, 4.69) is 24.9 Å². The minimum Gasteiger partial charge on any atom is -0.719 e. The molecule has 0 heterocycles. The topological polar surface area (TPSA) is 29.1 Å². The van der Waals surface area contributed by atoms with Gasteiger partial charge in [0, 0.05) is 48.7 Å². The SMILES string of the molecule is [CH2-]CCCCCCNC(=O)[S-].[W].[W]. The maximum atomic E-state index is 10.2. The number of amides is 1. The number of hydrogen-bond donors (Lipinski definition) is 1. The average Bonchev–Trinajstić information content (AvgIpc) is 1.96. The molecule has 0 fully saturated rings. The summed E-state index contributed by atoms with van der Waals surface area (Å²) < 4.78 is 0. The minimum absolute atomic E-state index is 0. The van der Waals surface area contributed by atoms with E-state index in [-0.39, 0.29) is 47.4 Å². The maximum absolute atomic E-state index is 10.2. The van der Waals surface area contributed by atoms with E-state index in [1.165, 1.54) is 12.8 Å². The second-order valence-corrected chi connectivity index (χ2v) is 2.85. The molecule has 0 aromatic carbocycles. The molecule has 0 unspecified atom stereocenters. The summed E-state index contributed by atoms with van der Waals surface area (Å²) in [7, 11) is 0. The predicted octanol–water partition coefficient (Wildman–Crippen LogP) is 2.02. The summed E-state index contributed by atoms with van der Waals surface area (Å²) in [5.74, 6) is 0. The standard InChI is InChI=1S/C8H16NOS.2W/c1-2-3-4-5-6-7-9-8(10)11;;/h1-7H2,(H2,9,10,11);;/q-1;;/p-1. The van der Waals surface area contributed by atoms with Crippen molar-refractivity contribution in [1.82, 2.24) is 5.32 Å². The number of hydrogen-bond acceptors (Lipinski definition) is 2. The van der Waals surface area contributed by atoms with E-state index in [1.807, 2.05) is 0 Å². The van der Waals surface area contributed by atoms with Crippen LogP contribution in [-0.4, -0.2) is 11.8 Å². The molecule has 0 bridgehead atoms. The van der Waals surface area contributed by atoms with Gasteiger partial charge in [-0.2, -0.15) is 6.42 Å². The Labute approximate surface area is 115 Å². The second kappa shape index (κ2) is 15.5. The fourth-order valence-corrected chi connectivity index (χ4v) is 0.948. The summed E-state index contributed by atoms with van der Waals surface area (Å²) in [5, 5.41) is 2.24.